The Kier molecular flexibility index (Phi) is 5.22. The van der Waals surface area contributed by atoms with Gasteiger partial charge in [0.2, 0.25) is 0 Å². The average molecular weight is 344 g/mol. The van der Waals surface area contributed by atoms with Crippen LogP contribution in [0.25, 0.3) is 6.08 Å². The van der Waals surface area contributed by atoms with E-state index in [9.17, 15) is 4.79 Å². The van der Waals surface area contributed by atoms with E-state index in [0.29, 0.717) is 21.4 Å². The number of carboxylic acid groups (broad SMARTS) is 1. The van der Waals surface area contributed by atoms with Gasteiger partial charge in [0.15, 0.2) is 0 Å². The summed E-state index contributed by atoms with van der Waals surface area (Å²) in [7, 11) is 0. The Balaban J connectivity index is 2.26. The van der Waals surface area contributed by atoms with Crippen LogP contribution in [0.2, 0.25) is 10.0 Å². The number of ether oxygens (including phenoxy) is 1. The number of aryl methyl sites for hydroxylation is 1. The molecule has 1 N–H and O–H groups in total. The van der Waals surface area contributed by atoms with E-state index in [2.05, 4.69) is 4.98 Å². The Bertz CT molecular complexity index is 698. The molecule has 0 atom stereocenters. The molecule has 1 aromatic heterocycles. The summed E-state index contributed by atoms with van der Waals surface area (Å²) in [6.45, 7) is 2.16. The van der Waals surface area contributed by atoms with Gasteiger partial charge in [-0.2, -0.15) is 0 Å². The minimum absolute atomic E-state index is 0.258. The minimum atomic E-state index is -1.06. The van der Waals surface area contributed by atoms with Crippen LogP contribution in [-0.4, -0.2) is 16.1 Å². The number of aliphatic carboxylic acids is 1. The predicted octanol–water partition coefficient (Wildman–Crippen LogP) is 4.44. The maximum absolute atomic E-state index is 10.6. The fourth-order valence-electron chi connectivity index (χ4n) is 1.62. The SMILES string of the molecule is Cc1csc(COc2c(Cl)cc(Cl)cc2/C=C/C(=O)O)n1. The van der Waals surface area contributed by atoms with Crippen molar-refractivity contribution in [1.29, 1.82) is 0 Å². The molecule has 0 aliphatic rings. The molecule has 0 saturated carbocycles. The first-order chi connectivity index (χ1) is 9.95. The molecule has 0 bridgehead atoms. The summed E-state index contributed by atoms with van der Waals surface area (Å²) in [6.07, 6.45) is 2.39. The van der Waals surface area contributed by atoms with E-state index in [1.807, 2.05) is 12.3 Å². The number of benzene rings is 1. The molecule has 0 spiro atoms. The standard InChI is InChI=1S/C14H11Cl2NO3S/c1-8-7-21-12(17-8)6-20-14-9(2-3-13(18)19)4-10(15)5-11(14)16/h2-5,7H,6H2,1H3,(H,18,19)/b3-2+. The molecule has 0 fully saturated rings. The van der Waals surface area contributed by atoms with Gasteiger partial charge in [-0.15, -0.1) is 11.3 Å². The van der Waals surface area contributed by atoms with Crippen LogP contribution in [0.1, 0.15) is 16.3 Å². The van der Waals surface area contributed by atoms with Crippen LogP contribution in [0.3, 0.4) is 0 Å². The van der Waals surface area contributed by atoms with Gasteiger partial charge < -0.3 is 9.84 Å². The molecule has 2 aromatic rings. The van der Waals surface area contributed by atoms with Crippen molar-refractivity contribution in [1.82, 2.24) is 4.98 Å². The maximum atomic E-state index is 10.6. The lowest BCUT2D eigenvalue weighted by atomic mass is 10.2. The maximum Gasteiger partial charge on any atom is 0.328 e. The number of carboxylic acids is 1. The van der Waals surface area contributed by atoms with Gasteiger partial charge in [-0.1, -0.05) is 23.2 Å². The van der Waals surface area contributed by atoms with Gasteiger partial charge >= 0.3 is 5.97 Å². The van der Waals surface area contributed by atoms with E-state index in [4.69, 9.17) is 33.0 Å². The van der Waals surface area contributed by atoms with Crippen molar-refractivity contribution in [2.24, 2.45) is 0 Å². The number of halogens is 2. The highest BCUT2D eigenvalue weighted by atomic mass is 35.5. The number of hydrogen-bond donors (Lipinski definition) is 1. The molecule has 0 unspecified atom stereocenters. The Morgan fingerprint density at radius 2 is 2.24 bits per heavy atom. The second kappa shape index (κ2) is 6.93. The van der Waals surface area contributed by atoms with Crippen molar-refractivity contribution in [2.75, 3.05) is 0 Å². The van der Waals surface area contributed by atoms with Crippen LogP contribution < -0.4 is 4.74 Å². The summed E-state index contributed by atoms with van der Waals surface area (Å²) in [5.41, 5.74) is 1.43. The smallest absolute Gasteiger partial charge is 0.328 e. The lowest BCUT2D eigenvalue weighted by molar-refractivity contribution is -0.131. The molecule has 0 amide bonds. The van der Waals surface area contributed by atoms with Crippen molar-refractivity contribution in [3.8, 4) is 5.75 Å². The van der Waals surface area contributed by atoms with Gasteiger partial charge in [-0.05, 0) is 25.1 Å². The number of rotatable bonds is 5. The van der Waals surface area contributed by atoms with Crippen molar-refractivity contribution >= 4 is 46.6 Å². The Morgan fingerprint density at radius 1 is 1.48 bits per heavy atom. The normalized spacial score (nSPS) is 11.0. The molecule has 21 heavy (non-hydrogen) atoms. The molecule has 0 aliphatic heterocycles. The first-order valence-corrected chi connectivity index (χ1v) is 7.53. The van der Waals surface area contributed by atoms with Crippen molar-refractivity contribution in [3.63, 3.8) is 0 Å². The fraction of sp³-hybridized carbons (Fsp3) is 0.143. The highest BCUT2D eigenvalue weighted by Crippen LogP contribution is 2.34. The summed E-state index contributed by atoms with van der Waals surface area (Å²) in [6, 6.07) is 3.14. The van der Waals surface area contributed by atoms with Gasteiger partial charge in [-0.25, -0.2) is 9.78 Å². The van der Waals surface area contributed by atoms with Crippen LogP contribution in [0, 0.1) is 6.92 Å². The molecule has 1 aromatic carbocycles. The molecule has 2 rings (SSSR count). The topological polar surface area (TPSA) is 59.4 Å². The molecule has 0 radical (unpaired) electrons. The van der Waals surface area contributed by atoms with Gasteiger partial charge in [0.05, 0.1) is 5.02 Å². The molecule has 7 heteroatoms. The number of carbonyl (C=O) groups is 1. The average Bonchev–Trinajstić information content (AvgIpc) is 2.80. The van der Waals surface area contributed by atoms with Crippen molar-refractivity contribution in [2.45, 2.75) is 13.5 Å². The molecular weight excluding hydrogens is 333 g/mol. The third kappa shape index (κ3) is 4.46. The van der Waals surface area contributed by atoms with Crippen molar-refractivity contribution < 1.29 is 14.6 Å². The van der Waals surface area contributed by atoms with E-state index in [-0.39, 0.29) is 6.61 Å². The highest BCUT2D eigenvalue weighted by molar-refractivity contribution is 7.09. The Hall–Kier alpha value is -1.56. The number of thiazole rings is 1. The van der Waals surface area contributed by atoms with E-state index >= 15 is 0 Å². The summed E-state index contributed by atoms with van der Waals surface area (Å²) < 4.78 is 5.67. The predicted molar refractivity (Wildman–Crippen MR) is 84.3 cm³/mol. The quantitative estimate of drug-likeness (QED) is 0.815. The van der Waals surface area contributed by atoms with Crippen LogP contribution in [-0.2, 0) is 11.4 Å². The molecule has 0 aliphatic carbocycles. The van der Waals surface area contributed by atoms with E-state index < -0.39 is 5.97 Å². The first kappa shape index (κ1) is 15.8. The van der Waals surface area contributed by atoms with Crippen molar-refractivity contribution in [3.05, 3.63) is 49.9 Å². The van der Waals surface area contributed by atoms with Crippen LogP contribution in [0.5, 0.6) is 5.75 Å². The van der Waals surface area contributed by atoms with E-state index in [1.54, 1.807) is 12.1 Å². The molecule has 4 nitrogen and oxygen atoms in total. The number of hydrogen-bond acceptors (Lipinski definition) is 4. The first-order valence-electron chi connectivity index (χ1n) is 5.89. The zero-order valence-corrected chi connectivity index (χ0v) is 13.3. The highest BCUT2D eigenvalue weighted by Gasteiger charge is 2.10. The largest absolute Gasteiger partial charge is 0.484 e. The van der Waals surface area contributed by atoms with Gasteiger partial charge in [0.25, 0.3) is 0 Å². The monoisotopic (exact) mass is 343 g/mol. The van der Waals surface area contributed by atoms with Crippen LogP contribution in [0.4, 0.5) is 0 Å². The summed E-state index contributed by atoms with van der Waals surface area (Å²) in [4.78, 5) is 14.9. The summed E-state index contributed by atoms with van der Waals surface area (Å²) >= 11 is 13.5. The second-order valence-corrected chi connectivity index (χ2v) is 5.94. The van der Waals surface area contributed by atoms with E-state index in [0.717, 1.165) is 16.8 Å². The molecular formula is C14H11Cl2NO3S. The number of aromatic nitrogens is 1. The third-order valence-electron chi connectivity index (χ3n) is 2.45. The van der Waals surface area contributed by atoms with Gasteiger partial charge in [0.1, 0.15) is 17.4 Å². The molecule has 110 valence electrons. The second-order valence-electron chi connectivity index (χ2n) is 4.15. The third-order valence-corrected chi connectivity index (χ3v) is 3.89. The minimum Gasteiger partial charge on any atom is -0.484 e. The number of nitrogens with zero attached hydrogens (tertiary/aromatic N) is 1. The summed E-state index contributed by atoms with van der Waals surface area (Å²) in [5.74, 6) is -0.681. The zero-order valence-electron chi connectivity index (χ0n) is 11.0. The van der Waals surface area contributed by atoms with E-state index in [1.165, 1.54) is 17.4 Å². The zero-order chi connectivity index (χ0) is 15.4. The molecule has 1 heterocycles. The lowest BCUT2D eigenvalue weighted by Crippen LogP contribution is -1.98. The van der Waals surface area contributed by atoms with Crippen LogP contribution >= 0.6 is 34.5 Å². The fourth-order valence-corrected chi connectivity index (χ4v) is 2.87. The molecule has 0 saturated heterocycles. The lowest BCUT2D eigenvalue weighted by Gasteiger charge is -2.10. The Labute approximate surface area is 135 Å². The van der Waals surface area contributed by atoms with Crippen LogP contribution in [0.15, 0.2) is 23.6 Å². The van der Waals surface area contributed by atoms with Gasteiger partial charge in [-0.3, -0.25) is 0 Å². The van der Waals surface area contributed by atoms with Gasteiger partial charge in [0, 0.05) is 27.7 Å². The summed E-state index contributed by atoms with van der Waals surface area (Å²) in [5, 5.41) is 12.2. The Morgan fingerprint density at radius 3 is 2.86 bits per heavy atom.